The molecule has 2 aliphatic heterocycles. The summed E-state index contributed by atoms with van der Waals surface area (Å²) in [5, 5.41) is 0. The maximum absolute atomic E-state index is 13.1. The van der Waals surface area contributed by atoms with Gasteiger partial charge in [0.05, 0.1) is 25.8 Å². The Morgan fingerprint density at radius 2 is 1.80 bits per heavy atom. The second-order valence-corrected chi connectivity index (χ2v) is 9.77. The fourth-order valence-corrected chi connectivity index (χ4v) is 4.70. The van der Waals surface area contributed by atoms with Crippen molar-refractivity contribution in [3.8, 4) is 5.75 Å². The lowest BCUT2D eigenvalue weighted by Gasteiger charge is -2.41. The third-order valence-corrected chi connectivity index (χ3v) is 6.72. The summed E-state index contributed by atoms with van der Waals surface area (Å²) in [6.07, 6.45) is 2.21. The van der Waals surface area contributed by atoms with Crippen molar-refractivity contribution in [3.05, 3.63) is 29.8 Å². The molecule has 2 aliphatic rings. The second kappa shape index (κ2) is 12.0. The SMILES string of the molecule is COC(=O)c1cccc(OCC2CCN(C(=O)CN3CCN(C(C)=O)[C@@H](CC(C)C)C3=O)CC2)c1. The normalized spacial score (nSPS) is 19.2. The Labute approximate surface area is 207 Å². The zero-order valence-corrected chi connectivity index (χ0v) is 21.2. The van der Waals surface area contributed by atoms with Gasteiger partial charge in [0.25, 0.3) is 0 Å². The largest absolute Gasteiger partial charge is 0.493 e. The van der Waals surface area contributed by atoms with Crippen molar-refractivity contribution in [1.29, 1.82) is 0 Å². The van der Waals surface area contributed by atoms with E-state index in [0.717, 1.165) is 12.8 Å². The molecule has 0 aliphatic carbocycles. The molecule has 2 heterocycles. The summed E-state index contributed by atoms with van der Waals surface area (Å²) in [5.74, 6) is 0.498. The van der Waals surface area contributed by atoms with Gasteiger partial charge in [-0.1, -0.05) is 19.9 Å². The molecule has 1 aromatic carbocycles. The minimum absolute atomic E-state index is 0.0527. The van der Waals surface area contributed by atoms with Crippen molar-refractivity contribution in [2.75, 3.05) is 46.4 Å². The number of likely N-dealkylation sites (tertiary alicyclic amines) is 1. The highest BCUT2D eigenvalue weighted by atomic mass is 16.5. The molecule has 0 radical (unpaired) electrons. The van der Waals surface area contributed by atoms with E-state index < -0.39 is 12.0 Å². The van der Waals surface area contributed by atoms with Crippen LogP contribution in [0.4, 0.5) is 0 Å². The number of benzene rings is 1. The monoisotopic (exact) mass is 487 g/mol. The molecule has 9 nitrogen and oxygen atoms in total. The van der Waals surface area contributed by atoms with Crippen LogP contribution in [0.3, 0.4) is 0 Å². The zero-order valence-electron chi connectivity index (χ0n) is 21.2. The fraction of sp³-hybridized carbons (Fsp3) is 0.615. The van der Waals surface area contributed by atoms with Gasteiger partial charge in [0.1, 0.15) is 11.8 Å². The Balaban J connectivity index is 1.47. The summed E-state index contributed by atoms with van der Waals surface area (Å²) in [5.41, 5.74) is 0.444. The van der Waals surface area contributed by atoms with Crippen LogP contribution in [0.25, 0.3) is 0 Å². The highest BCUT2D eigenvalue weighted by Gasteiger charge is 2.37. The highest BCUT2D eigenvalue weighted by molar-refractivity contribution is 5.91. The van der Waals surface area contributed by atoms with Crippen LogP contribution in [0, 0.1) is 11.8 Å². The molecular weight excluding hydrogens is 450 g/mol. The lowest BCUT2D eigenvalue weighted by atomic mass is 9.97. The molecule has 0 unspecified atom stereocenters. The highest BCUT2D eigenvalue weighted by Crippen LogP contribution is 2.22. The maximum atomic E-state index is 13.1. The molecule has 1 aromatic rings. The summed E-state index contributed by atoms with van der Waals surface area (Å²) in [6.45, 7) is 8.19. The minimum atomic E-state index is -0.491. The number of piperidine rings is 1. The van der Waals surface area contributed by atoms with Gasteiger partial charge in [-0.25, -0.2) is 4.79 Å². The third-order valence-electron chi connectivity index (χ3n) is 6.72. The molecule has 0 spiro atoms. The van der Waals surface area contributed by atoms with E-state index in [1.165, 1.54) is 14.0 Å². The number of ether oxygens (including phenoxy) is 2. The van der Waals surface area contributed by atoms with Crippen LogP contribution in [0.15, 0.2) is 24.3 Å². The maximum Gasteiger partial charge on any atom is 0.337 e. The van der Waals surface area contributed by atoms with Crippen molar-refractivity contribution in [1.82, 2.24) is 14.7 Å². The Kier molecular flexibility index (Phi) is 9.12. The summed E-state index contributed by atoms with van der Waals surface area (Å²) >= 11 is 0. The van der Waals surface area contributed by atoms with Crippen LogP contribution in [0.5, 0.6) is 5.75 Å². The number of esters is 1. The van der Waals surface area contributed by atoms with Gasteiger partial charge >= 0.3 is 5.97 Å². The average molecular weight is 488 g/mol. The lowest BCUT2D eigenvalue weighted by molar-refractivity contribution is -0.154. The minimum Gasteiger partial charge on any atom is -0.493 e. The van der Waals surface area contributed by atoms with E-state index in [2.05, 4.69) is 0 Å². The number of carbonyl (C=O) groups excluding carboxylic acids is 4. The van der Waals surface area contributed by atoms with E-state index in [-0.39, 0.29) is 30.2 Å². The van der Waals surface area contributed by atoms with Gasteiger partial charge < -0.3 is 24.2 Å². The molecular formula is C26H37N3O6. The van der Waals surface area contributed by atoms with Crippen LogP contribution in [-0.4, -0.2) is 90.9 Å². The molecule has 35 heavy (non-hydrogen) atoms. The van der Waals surface area contributed by atoms with E-state index >= 15 is 0 Å². The number of amides is 3. The fourth-order valence-electron chi connectivity index (χ4n) is 4.70. The van der Waals surface area contributed by atoms with Crippen molar-refractivity contribution in [2.45, 2.75) is 46.1 Å². The van der Waals surface area contributed by atoms with Gasteiger partial charge in [-0.15, -0.1) is 0 Å². The van der Waals surface area contributed by atoms with Gasteiger partial charge in [-0.3, -0.25) is 14.4 Å². The van der Waals surface area contributed by atoms with Crippen LogP contribution in [0.2, 0.25) is 0 Å². The molecule has 3 rings (SSSR count). The number of hydrogen-bond donors (Lipinski definition) is 0. The number of methoxy groups -OCH3 is 1. The number of piperazine rings is 1. The molecule has 2 saturated heterocycles. The Morgan fingerprint density at radius 1 is 1.09 bits per heavy atom. The van der Waals surface area contributed by atoms with E-state index in [1.807, 2.05) is 18.7 Å². The van der Waals surface area contributed by atoms with E-state index in [1.54, 1.807) is 34.1 Å². The summed E-state index contributed by atoms with van der Waals surface area (Å²) in [6, 6.07) is 6.42. The topological polar surface area (TPSA) is 96.5 Å². The number of carbonyl (C=O) groups is 4. The molecule has 192 valence electrons. The first-order valence-corrected chi connectivity index (χ1v) is 12.3. The van der Waals surface area contributed by atoms with Gasteiger partial charge in [0.15, 0.2) is 0 Å². The Morgan fingerprint density at radius 3 is 2.43 bits per heavy atom. The van der Waals surface area contributed by atoms with Crippen molar-refractivity contribution >= 4 is 23.7 Å². The van der Waals surface area contributed by atoms with Crippen molar-refractivity contribution in [3.63, 3.8) is 0 Å². The first-order valence-electron chi connectivity index (χ1n) is 12.3. The smallest absolute Gasteiger partial charge is 0.337 e. The van der Waals surface area contributed by atoms with Gasteiger partial charge in [-0.2, -0.15) is 0 Å². The molecule has 2 fully saturated rings. The van der Waals surface area contributed by atoms with Gasteiger partial charge in [-0.05, 0) is 49.3 Å². The van der Waals surface area contributed by atoms with E-state index in [0.29, 0.717) is 56.4 Å². The molecule has 0 saturated carbocycles. The van der Waals surface area contributed by atoms with Gasteiger partial charge in [0, 0.05) is 33.1 Å². The Hall–Kier alpha value is -3.10. The van der Waals surface area contributed by atoms with E-state index in [4.69, 9.17) is 9.47 Å². The van der Waals surface area contributed by atoms with Crippen LogP contribution in [-0.2, 0) is 19.1 Å². The molecule has 9 heteroatoms. The standard InChI is InChI=1S/C26H37N3O6/c1-18(2)14-23-25(32)28(12-13-29(23)19(3)30)16-24(31)27-10-8-20(9-11-27)17-35-22-7-5-6-21(15-22)26(33)34-4/h5-7,15,18,20,23H,8-14,16-17H2,1-4H3/t23-/m0/s1. The average Bonchev–Trinajstić information content (AvgIpc) is 2.84. The lowest BCUT2D eigenvalue weighted by Crippen LogP contribution is -2.60. The predicted molar refractivity (Wildman–Crippen MR) is 130 cm³/mol. The van der Waals surface area contributed by atoms with Crippen LogP contribution < -0.4 is 4.74 Å². The van der Waals surface area contributed by atoms with Gasteiger partial charge in [0.2, 0.25) is 17.7 Å². The van der Waals surface area contributed by atoms with Crippen molar-refractivity contribution in [2.24, 2.45) is 11.8 Å². The number of nitrogens with zero attached hydrogens (tertiary/aromatic N) is 3. The third kappa shape index (κ3) is 6.96. The summed E-state index contributed by atoms with van der Waals surface area (Å²) in [4.78, 5) is 54.8. The zero-order chi connectivity index (χ0) is 25.5. The molecule has 0 bridgehead atoms. The predicted octanol–water partition coefficient (Wildman–Crippen LogP) is 2.20. The first kappa shape index (κ1) is 26.5. The summed E-state index contributed by atoms with van der Waals surface area (Å²) < 4.78 is 10.6. The second-order valence-electron chi connectivity index (χ2n) is 9.77. The molecule has 3 amide bonds. The number of rotatable bonds is 8. The Bertz CT molecular complexity index is 925. The van der Waals surface area contributed by atoms with Crippen LogP contribution in [0.1, 0.15) is 50.4 Å². The molecule has 1 atom stereocenters. The van der Waals surface area contributed by atoms with Crippen molar-refractivity contribution < 1.29 is 28.7 Å². The summed E-state index contributed by atoms with van der Waals surface area (Å²) in [7, 11) is 1.34. The number of hydrogen-bond acceptors (Lipinski definition) is 6. The van der Waals surface area contributed by atoms with Crippen LogP contribution >= 0.6 is 0 Å². The first-order chi connectivity index (χ1) is 16.7. The quantitative estimate of drug-likeness (QED) is 0.522. The van der Waals surface area contributed by atoms with E-state index in [9.17, 15) is 19.2 Å². The molecule has 0 N–H and O–H groups in total. The molecule has 0 aromatic heterocycles.